The third-order valence-electron chi connectivity index (χ3n) is 2.50. The highest BCUT2D eigenvalue weighted by atomic mass is 79.9. The Kier molecular flexibility index (Phi) is 4.00. The summed E-state index contributed by atoms with van der Waals surface area (Å²) in [5.41, 5.74) is 3.83. The van der Waals surface area contributed by atoms with Crippen LogP contribution in [0.2, 0.25) is 0 Å². The second-order valence-corrected chi connectivity index (χ2v) is 4.56. The summed E-state index contributed by atoms with van der Waals surface area (Å²) in [6, 6.07) is 5.36. The van der Waals surface area contributed by atoms with Crippen LogP contribution < -0.4 is 11.3 Å². The van der Waals surface area contributed by atoms with Crippen molar-refractivity contribution in [1.82, 2.24) is 10.4 Å². The van der Waals surface area contributed by atoms with E-state index < -0.39 is 11.9 Å². The van der Waals surface area contributed by atoms with E-state index in [1.54, 1.807) is 12.1 Å². The minimum atomic E-state index is -0.454. The molecule has 6 heteroatoms. The van der Waals surface area contributed by atoms with Crippen LogP contribution in [0.5, 0.6) is 0 Å². The van der Waals surface area contributed by atoms with Gasteiger partial charge in [0, 0.05) is 6.20 Å². The van der Waals surface area contributed by atoms with Gasteiger partial charge in [-0.1, -0.05) is 6.07 Å². The fourth-order valence-corrected chi connectivity index (χ4v) is 2.06. The van der Waals surface area contributed by atoms with Crippen LogP contribution in [0, 0.1) is 11.6 Å². The van der Waals surface area contributed by atoms with Crippen molar-refractivity contribution in [1.29, 1.82) is 0 Å². The zero-order valence-electron chi connectivity index (χ0n) is 9.20. The lowest BCUT2D eigenvalue weighted by atomic mass is 10.0. The van der Waals surface area contributed by atoms with Crippen molar-refractivity contribution >= 4 is 15.9 Å². The number of pyridine rings is 1. The van der Waals surface area contributed by atoms with E-state index in [1.807, 2.05) is 0 Å². The van der Waals surface area contributed by atoms with E-state index in [0.29, 0.717) is 15.6 Å². The third-order valence-corrected chi connectivity index (χ3v) is 3.11. The van der Waals surface area contributed by atoms with Gasteiger partial charge in [-0.15, -0.1) is 0 Å². The first kappa shape index (κ1) is 13.1. The molecule has 1 unspecified atom stereocenters. The normalized spacial score (nSPS) is 12.4. The van der Waals surface area contributed by atoms with Crippen LogP contribution in [-0.4, -0.2) is 4.98 Å². The van der Waals surface area contributed by atoms with Crippen molar-refractivity contribution in [3.8, 4) is 0 Å². The number of aromatic nitrogens is 1. The second kappa shape index (κ2) is 5.51. The maximum atomic E-state index is 13.2. The summed E-state index contributed by atoms with van der Waals surface area (Å²) in [7, 11) is 0. The number of hydrogen-bond acceptors (Lipinski definition) is 3. The topological polar surface area (TPSA) is 50.9 Å². The number of halogens is 3. The van der Waals surface area contributed by atoms with Gasteiger partial charge in [0.1, 0.15) is 11.6 Å². The van der Waals surface area contributed by atoms with Crippen LogP contribution in [0.3, 0.4) is 0 Å². The van der Waals surface area contributed by atoms with E-state index in [2.05, 4.69) is 26.3 Å². The lowest BCUT2D eigenvalue weighted by Crippen LogP contribution is -2.29. The predicted octanol–water partition coefficient (Wildman–Crippen LogP) is 2.68. The van der Waals surface area contributed by atoms with E-state index in [9.17, 15) is 8.78 Å². The van der Waals surface area contributed by atoms with Crippen molar-refractivity contribution in [2.45, 2.75) is 6.04 Å². The molecule has 0 spiro atoms. The molecule has 0 saturated heterocycles. The Morgan fingerprint density at radius 2 is 1.94 bits per heavy atom. The quantitative estimate of drug-likeness (QED) is 0.676. The molecular weight excluding hydrogens is 304 g/mol. The Labute approximate surface area is 111 Å². The first-order valence-electron chi connectivity index (χ1n) is 5.13. The summed E-state index contributed by atoms with van der Waals surface area (Å²) in [5, 5.41) is 0. The summed E-state index contributed by atoms with van der Waals surface area (Å²) in [4.78, 5) is 3.76. The van der Waals surface area contributed by atoms with Gasteiger partial charge in [-0.25, -0.2) is 14.2 Å². The lowest BCUT2D eigenvalue weighted by Gasteiger charge is -2.17. The fourth-order valence-electron chi connectivity index (χ4n) is 1.66. The molecule has 1 heterocycles. The molecule has 3 N–H and O–H groups in total. The lowest BCUT2D eigenvalue weighted by molar-refractivity contribution is 0.593. The summed E-state index contributed by atoms with van der Waals surface area (Å²) in [6.07, 6.45) is 2.61. The van der Waals surface area contributed by atoms with Gasteiger partial charge in [-0.2, -0.15) is 0 Å². The first-order chi connectivity index (χ1) is 8.61. The number of nitrogens with zero attached hydrogens (tertiary/aromatic N) is 1. The minimum absolute atomic E-state index is 0.324. The van der Waals surface area contributed by atoms with Gasteiger partial charge in [-0.05, 0) is 45.3 Å². The smallest absolute Gasteiger partial charge is 0.141 e. The van der Waals surface area contributed by atoms with E-state index >= 15 is 0 Å². The molecule has 2 rings (SSSR count). The van der Waals surface area contributed by atoms with Crippen LogP contribution in [0.4, 0.5) is 8.78 Å². The molecule has 0 aliphatic rings. The van der Waals surface area contributed by atoms with Gasteiger partial charge in [0.25, 0.3) is 0 Å². The van der Waals surface area contributed by atoms with Crippen LogP contribution >= 0.6 is 15.9 Å². The first-order valence-corrected chi connectivity index (χ1v) is 5.92. The number of hydrazine groups is 1. The van der Waals surface area contributed by atoms with Crippen molar-refractivity contribution < 1.29 is 8.78 Å². The van der Waals surface area contributed by atoms with Gasteiger partial charge < -0.3 is 0 Å². The molecule has 18 heavy (non-hydrogen) atoms. The second-order valence-electron chi connectivity index (χ2n) is 3.71. The van der Waals surface area contributed by atoms with Crippen LogP contribution in [-0.2, 0) is 0 Å². The number of nitrogens with two attached hydrogens (primary N) is 1. The molecule has 1 atom stereocenters. The monoisotopic (exact) mass is 313 g/mol. The van der Waals surface area contributed by atoms with Crippen LogP contribution in [0.25, 0.3) is 0 Å². The number of nitrogens with one attached hydrogen (secondary N) is 1. The largest absolute Gasteiger partial charge is 0.271 e. The molecule has 94 valence electrons. The fraction of sp³-hybridized carbons (Fsp3) is 0.0833. The number of hydrogen-bond donors (Lipinski definition) is 2. The van der Waals surface area contributed by atoms with Gasteiger partial charge in [0.2, 0.25) is 0 Å². The molecule has 1 aromatic heterocycles. The Morgan fingerprint density at radius 1 is 1.17 bits per heavy atom. The standard InChI is InChI=1S/C12H10BrF2N3/c13-10-4-7(1-2-11(10)15)12(18-16)8-3-9(14)6-17-5-8/h1-6,12,18H,16H2. The molecule has 2 aromatic rings. The SMILES string of the molecule is NNC(c1cncc(F)c1)c1ccc(F)c(Br)c1. The van der Waals surface area contributed by atoms with E-state index in [0.717, 1.165) is 6.20 Å². The van der Waals surface area contributed by atoms with E-state index in [4.69, 9.17) is 5.84 Å². The molecule has 0 bridgehead atoms. The average Bonchev–Trinajstić information content (AvgIpc) is 2.35. The Bertz CT molecular complexity index is 563. The van der Waals surface area contributed by atoms with Gasteiger partial charge in [0.15, 0.2) is 0 Å². The maximum Gasteiger partial charge on any atom is 0.141 e. The molecule has 0 amide bonds. The van der Waals surface area contributed by atoms with Crippen molar-refractivity contribution in [3.63, 3.8) is 0 Å². The van der Waals surface area contributed by atoms with Gasteiger partial charge in [0.05, 0.1) is 16.7 Å². The van der Waals surface area contributed by atoms with Gasteiger partial charge >= 0.3 is 0 Å². The van der Waals surface area contributed by atoms with E-state index in [1.165, 1.54) is 18.3 Å². The van der Waals surface area contributed by atoms with E-state index in [-0.39, 0.29) is 5.82 Å². The van der Waals surface area contributed by atoms with Crippen molar-refractivity contribution in [3.05, 3.63) is 63.9 Å². The number of rotatable bonds is 3. The molecule has 1 aromatic carbocycles. The molecule has 0 aliphatic heterocycles. The zero-order chi connectivity index (χ0) is 13.1. The van der Waals surface area contributed by atoms with Crippen LogP contribution in [0.15, 0.2) is 41.1 Å². The highest BCUT2D eigenvalue weighted by Gasteiger charge is 2.14. The molecule has 3 nitrogen and oxygen atoms in total. The predicted molar refractivity (Wildman–Crippen MR) is 67.5 cm³/mol. The Hall–Kier alpha value is -1.37. The Morgan fingerprint density at radius 3 is 2.56 bits per heavy atom. The van der Waals surface area contributed by atoms with Gasteiger partial charge in [-0.3, -0.25) is 10.8 Å². The van der Waals surface area contributed by atoms with Crippen LogP contribution in [0.1, 0.15) is 17.2 Å². The summed E-state index contributed by atoms with van der Waals surface area (Å²) < 4.78 is 26.6. The third kappa shape index (κ3) is 2.72. The maximum absolute atomic E-state index is 13.2. The summed E-state index contributed by atoms with van der Waals surface area (Å²) in [5.74, 6) is 4.65. The van der Waals surface area contributed by atoms with Crippen molar-refractivity contribution in [2.75, 3.05) is 0 Å². The molecule has 0 radical (unpaired) electrons. The minimum Gasteiger partial charge on any atom is -0.271 e. The molecule has 0 fully saturated rings. The summed E-state index contributed by atoms with van der Waals surface area (Å²) in [6.45, 7) is 0. The number of benzene rings is 1. The molecule has 0 aliphatic carbocycles. The van der Waals surface area contributed by atoms with Crippen molar-refractivity contribution in [2.24, 2.45) is 5.84 Å². The summed E-state index contributed by atoms with van der Waals surface area (Å²) >= 11 is 3.10. The molecule has 0 saturated carbocycles. The highest BCUT2D eigenvalue weighted by Crippen LogP contribution is 2.25. The average molecular weight is 314 g/mol. The Balaban J connectivity index is 2.42. The zero-order valence-corrected chi connectivity index (χ0v) is 10.8. The highest BCUT2D eigenvalue weighted by molar-refractivity contribution is 9.10. The molecular formula is C12H10BrF2N3.